The molecule has 2 rings (SSSR count). The zero-order valence-corrected chi connectivity index (χ0v) is 11.7. The van der Waals surface area contributed by atoms with E-state index in [0.717, 1.165) is 0 Å². The average molecular weight is 355 g/mol. The first-order chi connectivity index (χ1) is 8.74. The highest BCUT2D eigenvalue weighted by molar-refractivity contribution is 5.68. The second-order valence-corrected chi connectivity index (χ2v) is 6.56. The SMILES string of the molecule is O=C(O)COc1ccc([I+]c2ccccc2)cc1. The Morgan fingerprint density at radius 2 is 1.61 bits per heavy atom. The summed E-state index contributed by atoms with van der Waals surface area (Å²) in [5.41, 5.74) is 0. The number of benzene rings is 2. The van der Waals surface area contributed by atoms with E-state index >= 15 is 0 Å². The van der Waals surface area contributed by atoms with E-state index in [1.165, 1.54) is 7.14 Å². The molecule has 0 aliphatic heterocycles. The minimum absolute atomic E-state index is 0.179. The maximum atomic E-state index is 10.4. The molecule has 2 aromatic rings. The molecule has 0 heterocycles. The van der Waals surface area contributed by atoms with Gasteiger partial charge in [-0.15, -0.1) is 0 Å². The van der Waals surface area contributed by atoms with Gasteiger partial charge in [0.05, 0.1) is 0 Å². The van der Waals surface area contributed by atoms with Crippen LogP contribution in [0.3, 0.4) is 0 Å². The van der Waals surface area contributed by atoms with Crippen molar-refractivity contribution in [3.63, 3.8) is 0 Å². The number of hydrogen-bond acceptors (Lipinski definition) is 2. The van der Waals surface area contributed by atoms with Crippen molar-refractivity contribution in [3.05, 3.63) is 61.7 Å². The van der Waals surface area contributed by atoms with Crippen LogP contribution in [-0.2, 0) is 4.79 Å². The zero-order chi connectivity index (χ0) is 12.8. The molecule has 92 valence electrons. The van der Waals surface area contributed by atoms with Gasteiger partial charge in [0.1, 0.15) is 5.75 Å². The highest BCUT2D eigenvalue weighted by Crippen LogP contribution is 2.07. The maximum absolute atomic E-state index is 10.4. The van der Waals surface area contributed by atoms with Crippen molar-refractivity contribution >= 4 is 5.97 Å². The maximum Gasteiger partial charge on any atom is 0.357 e. The van der Waals surface area contributed by atoms with Crippen molar-refractivity contribution in [2.45, 2.75) is 0 Å². The Hall–Kier alpha value is -1.56. The van der Waals surface area contributed by atoms with Gasteiger partial charge in [-0.3, -0.25) is 0 Å². The van der Waals surface area contributed by atoms with Gasteiger partial charge in [-0.25, -0.2) is 4.79 Å². The molecule has 0 amide bonds. The van der Waals surface area contributed by atoms with Gasteiger partial charge < -0.3 is 9.84 Å². The van der Waals surface area contributed by atoms with E-state index in [9.17, 15) is 4.79 Å². The van der Waals surface area contributed by atoms with Gasteiger partial charge in [0, 0.05) is 0 Å². The highest BCUT2D eigenvalue weighted by atomic mass is 127. The number of carboxylic acids is 1. The van der Waals surface area contributed by atoms with E-state index in [0.29, 0.717) is 5.75 Å². The van der Waals surface area contributed by atoms with E-state index < -0.39 is 5.97 Å². The van der Waals surface area contributed by atoms with Gasteiger partial charge in [0.25, 0.3) is 0 Å². The minimum Gasteiger partial charge on any atom is -0.482 e. The van der Waals surface area contributed by atoms with Crippen LogP contribution in [-0.4, -0.2) is 17.7 Å². The summed E-state index contributed by atoms with van der Waals surface area (Å²) >= 11 is -0.179. The third kappa shape index (κ3) is 4.03. The molecular formula is C14H12IO3+. The minimum atomic E-state index is -0.962. The molecular weight excluding hydrogens is 343 g/mol. The first-order valence-corrected chi connectivity index (χ1v) is 7.54. The average Bonchev–Trinajstić information content (AvgIpc) is 2.39. The van der Waals surface area contributed by atoms with Gasteiger partial charge in [-0.1, -0.05) is 18.2 Å². The molecule has 0 unspecified atom stereocenters. The summed E-state index contributed by atoms with van der Waals surface area (Å²) in [7, 11) is 0. The molecule has 0 bridgehead atoms. The van der Waals surface area contributed by atoms with Crippen LogP contribution in [0.25, 0.3) is 0 Å². The smallest absolute Gasteiger partial charge is 0.357 e. The van der Waals surface area contributed by atoms with E-state index in [4.69, 9.17) is 9.84 Å². The fraction of sp³-hybridized carbons (Fsp3) is 0.0714. The first-order valence-electron chi connectivity index (χ1n) is 5.38. The third-order valence-electron chi connectivity index (χ3n) is 2.13. The summed E-state index contributed by atoms with van der Waals surface area (Å²) in [6.07, 6.45) is 0. The second-order valence-electron chi connectivity index (χ2n) is 3.53. The third-order valence-corrected chi connectivity index (χ3v) is 4.81. The topological polar surface area (TPSA) is 46.5 Å². The van der Waals surface area contributed by atoms with Gasteiger partial charge in [0.15, 0.2) is 13.7 Å². The molecule has 0 atom stereocenters. The summed E-state index contributed by atoms with van der Waals surface area (Å²) in [6.45, 7) is -0.299. The van der Waals surface area contributed by atoms with Crippen molar-refractivity contribution in [1.82, 2.24) is 0 Å². The predicted molar refractivity (Wildman–Crippen MR) is 63.4 cm³/mol. The molecule has 0 saturated carbocycles. The van der Waals surface area contributed by atoms with Crippen LogP contribution in [0.1, 0.15) is 0 Å². The molecule has 1 N–H and O–H groups in total. The van der Waals surface area contributed by atoms with E-state index in [-0.39, 0.29) is 27.8 Å². The lowest BCUT2D eigenvalue weighted by Crippen LogP contribution is -3.61. The molecule has 0 saturated heterocycles. The lowest BCUT2D eigenvalue weighted by atomic mass is 10.3. The molecule has 0 aliphatic rings. The van der Waals surface area contributed by atoms with Crippen LogP contribution in [0, 0.1) is 7.14 Å². The fourth-order valence-corrected chi connectivity index (χ4v) is 3.56. The van der Waals surface area contributed by atoms with Crippen LogP contribution >= 0.6 is 0 Å². The molecule has 0 spiro atoms. The molecule has 0 aliphatic carbocycles. The monoisotopic (exact) mass is 355 g/mol. The summed E-state index contributed by atoms with van der Waals surface area (Å²) in [4.78, 5) is 10.4. The molecule has 0 fully saturated rings. The Bertz CT molecular complexity index is 508. The van der Waals surface area contributed by atoms with Crippen molar-refractivity contribution in [2.75, 3.05) is 6.61 Å². The Kier molecular flexibility index (Phi) is 4.58. The second kappa shape index (κ2) is 6.39. The number of aliphatic carboxylic acids is 1. The molecule has 18 heavy (non-hydrogen) atoms. The zero-order valence-electron chi connectivity index (χ0n) is 9.54. The van der Waals surface area contributed by atoms with Crippen LogP contribution < -0.4 is 25.9 Å². The summed E-state index contributed by atoms with van der Waals surface area (Å²) in [6, 6.07) is 18.0. The van der Waals surface area contributed by atoms with E-state index in [1.54, 1.807) is 0 Å². The van der Waals surface area contributed by atoms with Crippen LogP contribution in [0.15, 0.2) is 54.6 Å². The number of ether oxygens (including phenoxy) is 1. The molecule has 0 radical (unpaired) electrons. The normalized spacial score (nSPS) is 10.0. The number of hydrogen-bond donors (Lipinski definition) is 1. The Morgan fingerprint density at radius 3 is 2.22 bits per heavy atom. The number of carboxylic acid groups (broad SMARTS) is 1. The first kappa shape index (κ1) is 12.9. The van der Waals surface area contributed by atoms with E-state index in [2.05, 4.69) is 12.1 Å². The van der Waals surface area contributed by atoms with Crippen LogP contribution in [0.4, 0.5) is 0 Å². The van der Waals surface area contributed by atoms with Gasteiger partial charge in [0.2, 0.25) is 0 Å². The van der Waals surface area contributed by atoms with Gasteiger partial charge in [-0.2, -0.15) is 0 Å². The quantitative estimate of drug-likeness (QED) is 0.721. The summed E-state index contributed by atoms with van der Waals surface area (Å²) in [5.74, 6) is -0.367. The van der Waals surface area contributed by atoms with Gasteiger partial charge >= 0.3 is 27.2 Å². The van der Waals surface area contributed by atoms with Crippen molar-refractivity contribution in [2.24, 2.45) is 0 Å². The lowest BCUT2D eigenvalue weighted by molar-refractivity contribution is -0.597. The van der Waals surface area contributed by atoms with Gasteiger partial charge in [-0.05, 0) is 36.4 Å². The largest absolute Gasteiger partial charge is 0.482 e. The predicted octanol–water partition coefficient (Wildman–Crippen LogP) is -0.722. The number of halogens is 1. The van der Waals surface area contributed by atoms with E-state index in [1.807, 2.05) is 42.5 Å². The standard InChI is InChI=1S/C14H11IO3/c16-14(17)10-18-13-8-6-12(7-9-13)15-11-4-2-1-3-5-11/h1-9H,10H2/p+1. The van der Waals surface area contributed by atoms with Crippen molar-refractivity contribution < 1.29 is 35.8 Å². The Morgan fingerprint density at radius 1 is 1.00 bits per heavy atom. The molecule has 4 heteroatoms. The van der Waals surface area contributed by atoms with Crippen LogP contribution in [0.5, 0.6) is 5.75 Å². The summed E-state index contributed by atoms with van der Waals surface area (Å²) in [5, 5.41) is 8.50. The molecule has 0 aromatic heterocycles. The highest BCUT2D eigenvalue weighted by Gasteiger charge is 2.14. The molecule has 3 nitrogen and oxygen atoms in total. The van der Waals surface area contributed by atoms with Crippen molar-refractivity contribution in [1.29, 1.82) is 0 Å². The van der Waals surface area contributed by atoms with Crippen LogP contribution in [0.2, 0.25) is 0 Å². The fourth-order valence-electron chi connectivity index (χ4n) is 1.34. The Balaban J connectivity index is 1.97. The number of rotatable bonds is 5. The Labute approximate surface area is 116 Å². The number of carbonyl (C=O) groups is 1. The lowest BCUT2D eigenvalue weighted by Gasteiger charge is -2.00. The van der Waals surface area contributed by atoms with Crippen molar-refractivity contribution in [3.8, 4) is 5.75 Å². The molecule has 2 aromatic carbocycles. The summed E-state index contributed by atoms with van der Waals surface area (Å²) < 4.78 is 7.72.